The van der Waals surface area contributed by atoms with Crippen LogP contribution in [0.25, 0.3) is 0 Å². The zero-order valence-corrected chi connectivity index (χ0v) is 7.31. The summed E-state index contributed by atoms with van der Waals surface area (Å²) < 4.78 is 31.5. The van der Waals surface area contributed by atoms with Gasteiger partial charge < -0.3 is 9.84 Å². The van der Waals surface area contributed by atoms with Crippen molar-refractivity contribution in [2.24, 2.45) is 0 Å². The van der Waals surface area contributed by atoms with Crippen LogP contribution in [0.15, 0.2) is 18.7 Å². The van der Waals surface area contributed by atoms with Crippen molar-refractivity contribution in [1.82, 2.24) is 9.55 Å². The summed E-state index contributed by atoms with van der Waals surface area (Å²) in [6, 6.07) is 0. The maximum absolute atomic E-state index is 12.7. The van der Waals surface area contributed by atoms with Crippen molar-refractivity contribution < 1.29 is 18.6 Å². The Morgan fingerprint density at radius 3 is 2.86 bits per heavy atom. The molecular formula is C8H10F2N2O2. The number of aliphatic hydroxyl groups is 1. The molecule has 14 heavy (non-hydrogen) atoms. The van der Waals surface area contributed by atoms with Gasteiger partial charge in [0.2, 0.25) is 6.41 Å². The lowest BCUT2D eigenvalue weighted by molar-refractivity contribution is -0.278. The monoisotopic (exact) mass is 204 g/mol. The molecule has 1 aliphatic carbocycles. The predicted octanol–water partition coefficient (Wildman–Crippen LogP) is 1.15. The summed E-state index contributed by atoms with van der Waals surface area (Å²) in [6.07, 6.45) is 1.73. The molecule has 1 fully saturated rings. The number of halogens is 2. The maximum Gasteiger partial charge on any atom is 0.274 e. The third kappa shape index (κ3) is 1.62. The number of alkyl halides is 2. The number of ether oxygens (including phenoxy) is 1. The average molecular weight is 204 g/mol. The number of aliphatic hydroxyl groups excluding tert-OH is 1. The summed E-state index contributed by atoms with van der Waals surface area (Å²) in [5.41, 5.74) is 0. The fourth-order valence-electron chi connectivity index (χ4n) is 1.27. The highest BCUT2D eigenvalue weighted by Crippen LogP contribution is 2.41. The molecular weight excluding hydrogens is 194 g/mol. The molecule has 78 valence electrons. The van der Waals surface area contributed by atoms with Gasteiger partial charge in [0, 0.05) is 18.8 Å². The maximum atomic E-state index is 12.7. The first kappa shape index (κ1) is 9.54. The second kappa shape index (κ2) is 3.29. The van der Waals surface area contributed by atoms with Crippen LogP contribution in [0, 0.1) is 0 Å². The minimum absolute atomic E-state index is 0.172. The Bertz CT molecular complexity index is 302. The highest BCUT2D eigenvalue weighted by Gasteiger charge is 2.50. The number of hydrogen-bond acceptors (Lipinski definition) is 3. The van der Waals surface area contributed by atoms with E-state index in [-0.39, 0.29) is 12.8 Å². The van der Waals surface area contributed by atoms with E-state index in [0.717, 1.165) is 0 Å². The van der Waals surface area contributed by atoms with Crippen molar-refractivity contribution in [2.75, 3.05) is 0 Å². The molecule has 2 unspecified atom stereocenters. The van der Waals surface area contributed by atoms with Gasteiger partial charge >= 0.3 is 0 Å². The van der Waals surface area contributed by atoms with E-state index < -0.39 is 18.4 Å². The zero-order valence-electron chi connectivity index (χ0n) is 7.31. The molecule has 1 aliphatic rings. The van der Waals surface area contributed by atoms with E-state index >= 15 is 0 Å². The van der Waals surface area contributed by atoms with Gasteiger partial charge in [-0.1, -0.05) is 0 Å². The molecule has 1 aromatic rings. The standard InChI is InChI=1S/C8H10F2N2O2/c9-8(10)2-1-6(8)14-7(13)12-4-3-11-5-12/h3-7,13H,1-2H2. The summed E-state index contributed by atoms with van der Waals surface area (Å²) in [6.45, 7) is 0. The number of rotatable bonds is 3. The van der Waals surface area contributed by atoms with E-state index in [4.69, 9.17) is 4.74 Å². The number of nitrogens with zero attached hydrogens (tertiary/aromatic N) is 2. The van der Waals surface area contributed by atoms with Gasteiger partial charge in [-0.2, -0.15) is 0 Å². The summed E-state index contributed by atoms with van der Waals surface area (Å²) >= 11 is 0. The van der Waals surface area contributed by atoms with Gasteiger partial charge in [0.05, 0.1) is 6.33 Å². The third-order valence-corrected chi connectivity index (χ3v) is 2.28. The van der Waals surface area contributed by atoms with E-state index in [9.17, 15) is 13.9 Å². The predicted molar refractivity (Wildman–Crippen MR) is 42.5 cm³/mol. The van der Waals surface area contributed by atoms with E-state index in [1.54, 1.807) is 0 Å². The van der Waals surface area contributed by atoms with Gasteiger partial charge in [-0.05, 0) is 6.42 Å². The van der Waals surface area contributed by atoms with Crippen molar-refractivity contribution in [3.63, 3.8) is 0 Å². The van der Waals surface area contributed by atoms with Gasteiger partial charge in [-0.3, -0.25) is 4.57 Å². The minimum Gasteiger partial charge on any atom is -0.351 e. The molecule has 1 saturated carbocycles. The van der Waals surface area contributed by atoms with E-state index in [2.05, 4.69) is 4.98 Å². The Morgan fingerprint density at radius 1 is 1.64 bits per heavy atom. The van der Waals surface area contributed by atoms with Gasteiger partial charge in [-0.15, -0.1) is 0 Å². The van der Waals surface area contributed by atoms with Crippen LogP contribution in [0.3, 0.4) is 0 Å². The molecule has 1 aromatic heterocycles. The topological polar surface area (TPSA) is 47.3 Å². The Balaban J connectivity index is 1.92. The van der Waals surface area contributed by atoms with Crippen LogP contribution in [0.2, 0.25) is 0 Å². The molecule has 2 rings (SSSR count). The summed E-state index contributed by atoms with van der Waals surface area (Å²) in [5, 5.41) is 9.34. The molecule has 0 amide bonds. The van der Waals surface area contributed by atoms with Crippen molar-refractivity contribution >= 4 is 0 Å². The van der Waals surface area contributed by atoms with E-state index in [0.29, 0.717) is 0 Å². The number of aromatic nitrogens is 2. The normalized spacial score (nSPS) is 26.9. The largest absolute Gasteiger partial charge is 0.351 e. The quantitative estimate of drug-likeness (QED) is 0.751. The lowest BCUT2D eigenvalue weighted by Gasteiger charge is -2.36. The van der Waals surface area contributed by atoms with Crippen molar-refractivity contribution in [3.05, 3.63) is 18.7 Å². The molecule has 0 saturated heterocycles. The van der Waals surface area contributed by atoms with Gasteiger partial charge in [-0.25, -0.2) is 13.8 Å². The van der Waals surface area contributed by atoms with Crippen LogP contribution < -0.4 is 0 Å². The lowest BCUT2D eigenvalue weighted by atomic mass is 9.91. The van der Waals surface area contributed by atoms with Crippen molar-refractivity contribution in [1.29, 1.82) is 0 Å². The molecule has 4 nitrogen and oxygen atoms in total. The molecule has 0 bridgehead atoms. The van der Waals surface area contributed by atoms with Crippen molar-refractivity contribution in [3.8, 4) is 0 Å². The molecule has 1 N–H and O–H groups in total. The van der Waals surface area contributed by atoms with E-state index in [1.807, 2.05) is 0 Å². The first-order valence-corrected chi connectivity index (χ1v) is 4.28. The number of imidazole rings is 1. The van der Waals surface area contributed by atoms with Crippen LogP contribution in [-0.4, -0.2) is 26.7 Å². The molecule has 2 atom stereocenters. The van der Waals surface area contributed by atoms with Crippen LogP contribution >= 0.6 is 0 Å². The van der Waals surface area contributed by atoms with Crippen LogP contribution in [0.4, 0.5) is 8.78 Å². The summed E-state index contributed by atoms with van der Waals surface area (Å²) in [7, 11) is 0. The van der Waals surface area contributed by atoms with E-state index in [1.165, 1.54) is 23.3 Å². The second-order valence-corrected chi connectivity index (χ2v) is 3.26. The van der Waals surface area contributed by atoms with Gasteiger partial charge in [0.15, 0.2) is 0 Å². The molecule has 0 aliphatic heterocycles. The van der Waals surface area contributed by atoms with Crippen molar-refractivity contribution in [2.45, 2.75) is 31.3 Å². The zero-order chi connectivity index (χ0) is 10.2. The third-order valence-electron chi connectivity index (χ3n) is 2.28. The highest BCUT2D eigenvalue weighted by atomic mass is 19.3. The first-order valence-electron chi connectivity index (χ1n) is 4.28. The Morgan fingerprint density at radius 2 is 2.43 bits per heavy atom. The molecule has 0 spiro atoms. The lowest BCUT2D eigenvalue weighted by Crippen LogP contribution is -2.46. The molecule has 0 radical (unpaired) electrons. The SMILES string of the molecule is OC(OC1CCC1(F)F)n1ccnc1. The van der Waals surface area contributed by atoms with Gasteiger partial charge in [0.1, 0.15) is 6.10 Å². The smallest absolute Gasteiger partial charge is 0.274 e. The molecule has 6 heteroatoms. The van der Waals surface area contributed by atoms with Crippen LogP contribution in [0.5, 0.6) is 0 Å². The summed E-state index contributed by atoms with van der Waals surface area (Å²) in [4.78, 5) is 3.67. The fourth-order valence-corrected chi connectivity index (χ4v) is 1.27. The highest BCUT2D eigenvalue weighted by molar-refractivity contribution is 4.89. The first-order chi connectivity index (χ1) is 6.59. The van der Waals surface area contributed by atoms with Crippen LogP contribution in [-0.2, 0) is 4.74 Å². The molecule has 1 heterocycles. The number of hydrogen-bond donors (Lipinski definition) is 1. The Kier molecular flexibility index (Phi) is 2.24. The van der Waals surface area contributed by atoms with Gasteiger partial charge in [0.25, 0.3) is 5.92 Å². The Hall–Kier alpha value is -1.01. The molecule has 0 aromatic carbocycles. The Labute approximate surface area is 79.1 Å². The van der Waals surface area contributed by atoms with Crippen LogP contribution in [0.1, 0.15) is 19.3 Å². The average Bonchev–Trinajstić information content (AvgIpc) is 2.65. The fraction of sp³-hybridized carbons (Fsp3) is 0.625. The summed E-state index contributed by atoms with van der Waals surface area (Å²) in [5.74, 6) is -2.80. The minimum atomic E-state index is -2.80. The second-order valence-electron chi connectivity index (χ2n) is 3.26.